The van der Waals surface area contributed by atoms with Gasteiger partial charge in [0.15, 0.2) is 0 Å². The molecule has 0 aliphatic rings. The molecule has 0 aliphatic heterocycles. The Morgan fingerprint density at radius 2 is 1.41 bits per heavy atom. The van der Waals surface area contributed by atoms with Gasteiger partial charge in [0.2, 0.25) is 0 Å². The standard InChI is InChI=1S/C16H21O2Se.3C4H9.Sn/c1-14(2)16(17)18-12-8-3-4-9-13-19-15-10-6-5-7-11-15;3*1-3-4-2;/h5-7,10-11H,1-4,8-9,12-13H2;3*1,3-4H2,2H3;. The second-order valence-electron chi connectivity index (χ2n) is 9.30. The van der Waals surface area contributed by atoms with Crippen molar-refractivity contribution < 1.29 is 9.53 Å². The van der Waals surface area contributed by atoms with Crippen LogP contribution in [0.2, 0.25) is 23.1 Å². The van der Waals surface area contributed by atoms with Gasteiger partial charge in [-0.15, -0.1) is 0 Å². The second kappa shape index (κ2) is 19.1. The summed E-state index contributed by atoms with van der Waals surface area (Å²) in [6, 6.07) is 10.8. The van der Waals surface area contributed by atoms with E-state index in [1.54, 1.807) is 0 Å². The molecule has 0 saturated heterocycles. The van der Waals surface area contributed by atoms with E-state index in [1.807, 2.05) is 0 Å². The number of benzene rings is 1. The first-order chi connectivity index (χ1) is 15.6. The molecule has 0 unspecified atom stereocenters. The number of esters is 1. The minimum atomic E-state index is -2.36. The predicted molar refractivity (Wildman–Crippen MR) is 145 cm³/mol. The van der Waals surface area contributed by atoms with Gasteiger partial charge in [0, 0.05) is 0 Å². The molecule has 0 amide bonds. The zero-order valence-electron chi connectivity index (χ0n) is 21.1. The molecule has 0 bridgehead atoms. The van der Waals surface area contributed by atoms with Crippen LogP contribution in [0.15, 0.2) is 42.5 Å². The Labute approximate surface area is 209 Å². The van der Waals surface area contributed by atoms with Crippen molar-refractivity contribution in [3.05, 3.63) is 42.5 Å². The van der Waals surface area contributed by atoms with Crippen molar-refractivity contribution in [3.63, 3.8) is 0 Å². The fraction of sp³-hybridized carbons (Fsp3) is 0.679. The van der Waals surface area contributed by atoms with E-state index < -0.39 is 18.4 Å². The zero-order chi connectivity index (χ0) is 23.5. The maximum atomic E-state index is 12.6. The molecule has 1 rings (SSSR count). The Bertz CT molecular complexity index is 595. The van der Waals surface area contributed by atoms with Crippen LogP contribution < -0.4 is 4.46 Å². The van der Waals surface area contributed by atoms with Gasteiger partial charge in [-0.1, -0.05) is 0 Å². The van der Waals surface area contributed by atoms with Gasteiger partial charge in [-0.3, -0.25) is 0 Å². The molecule has 182 valence electrons. The first-order valence-electron chi connectivity index (χ1n) is 13.1. The molecule has 0 spiro atoms. The summed E-state index contributed by atoms with van der Waals surface area (Å²) in [5.41, 5.74) is 0.787. The molecule has 0 heterocycles. The molecule has 2 nitrogen and oxygen atoms in total. The van der Waals surface area contributed by atoms with Gasteiger partial charge in [0.1, 0.15) is 0 Å². The molecule has 0 N–H and O–H groups in total. The minimum absolute atomic E-state index is 0.108. The summed E-state index contributed by atoms with van der Waals surface area (Å²) in [4.78, 5) is 12.6. The summed E-state index contributed by atoms with van der Waals surface area (Å²) in [5.74, 6) is -0.108. The van der Waals surface area contributed by atoms with E-state index in [4.69, 9.17) is 4.74 Å². The van der Waals surface area contributed by atoms with E-state index in [0.717, 1.165) is 22.9 Å². The van der Waals surface area contributed by atoms with E-state index in [1.165, 1.54) is 74.5 Å². The Hall–Kier alpha value is -0.252. The molecule has 0 radical (unpaired) electrons. The molecule has 0 aliphatic carbocycles. The zero-order valence-corrected chi connectivity index (χ0v) is 25.7. The monoisotopic (exact) mass is 616 g/mol. The van der Waals surface area contributed by atoms with Crippen LogP contribution in [0.3, 0.4) is 0 Å². The Morgan fingerprint density at radius 1 is 0.844 bits per heavy atom. The number of hydrogen-bond donors (Lipinski definition) is 0. The first kappa shape index (κ1) is 29.8. The number of carbonyl (C=O) groups excluding carboxylic acids is 1. The third-order valence-electron chi connectivity index (χ3n) is 6.34. The van der Waals surface area contributed by atoms with Crippen LogP contribution in [-0.4, -0.2) is 45.9 Å². The summed E-state index contributed by atoms with van der Waals surface area (Å²) in [7, 11) is 0. The van der Waals surface area contributed by atoms with Crippen molar-refractivity contribution in [2.75, 3.05) is 6.61 Å². The van der Waals surface area contributed by atoms with E-state index in [9.17, 15) is 4.79 Å². The van der Waals surface area contributed by atoms with Crippen molar-refractivity contribution >= 4 is 43.8 Å². The first-order valence-corrected chi connectivity index (χ1v) is 23.2. The molecule has 4 heteroatoms. The van der Waals surface area contributed by atoms with Gasteiger partial charge >= 0.3 is 210 Å². The van der Waals surface area contributed by atoms with Crippen molar-refractivity contribution in [3.8, 4) is 0 Å². The Kier molecular flexibility index (Phi) is 17.8. The van der Waals surface area contributed by atoms with Crippen molar-refractivity contribution in [1.29, 1.82) is 0 Å². The Morgan fingerprint density at radius 3 is 1.97 bits per heavy atom. The van der Waals surface area contributed by atoms with E-state index in [-0.39, 0.29) is 5.97 Å². The fourth-order valence-electron chi connectivity index (χ4n) is 4.35. The van der Waals surface area contributed by atoms with Crippen molar-refractivity contribution in [1.82, 2.24) is 0 Å². The van der Waals surface area contributed by atoms with E-state index in [0.29, 0.717) is 21.6 Å². The fourth-order valence-corrected chi connectivity index (χ4v) is 22.4. The molecule has 32 heavy (non-hydrogen) atoms. The average molecular weight is 614 g/mol. The van der Waals surface area contributed by atoms with E-state index >= 15 is 0 Å². The topological polar surface area (TPSA) is 26.3 Å². The van der Waals surface area contributed by atoms with Gasteiger partial charge < -0.3 is 0 Å². The van der Waals surface area contributed by atoms with Crippen LogP contribution in [0.4, 0.5) is 0 Å². The average Bonchev–Trinajstić information content (AvgIpc) is 2.82. The third kappa shape index (κ3) is 13.5. The number of hydrogen-bond acceptors (Lipinski definition) is 2. The molecule has 0 saturated carbocycles. The summed E-state index contributed by atoms with van der Waals surface area (Å²) in [6.07, 6.45) is 12.4. The van der Waals surface area contributed by atoms with Crippen LogP contribution in [0, 0.1) is 0 Å². The summed E-state index contributed by atoms with van der Waals surface area (Å²) >= 11 is -1.76. The van der Waals surface area contributed by atoms with Crippen LogP contribution in [0.5, 0.6) is 0 Å². The molecule has 1 aromatic rings. The number of rotatable bonds is 20. The summed E-state index contributed by atoms with van der Waals surface area (Å²) < 4.78 is 12.4. The second-order valence-corrected chi connectivity index (χ2v) is 25.6. The van der Waals surface area contributed by atoms with Gasteiger partial charge in [-0.25, -0.2) is 0 Å². The third-order valence-corrected chi connectivity index (χ3v) is 24.1. The number of ether oxygens (including phenoxy) is 1. The maximum absolute atomic E-state index is 12.6. The van der Waals surface area contributed by atoms with Crippen LogP contribution in [0.1, 0.15) is 85.0 Å². The number of unbranched alkanes of at least 4 members (excludes halogenated alkanes) is 6. The van der Waals surface area contributed by atoms with Crippen molar-refractivity contribution in [2.45, 2.75) is 108 Å². The molecule has 0 atom stereocenters. The van der Waals surface area contributed by atoms with E-state index in [2.05, 4.69) is 57.7 Å². The molecule has 1 aromatic carbocycles. The molecule has 0 aromatic heterocycles. The summed E-state index contributed by atoms with van der Waals surface area (Å²) in [6.45, 7) is 11.7. The van der Waals surface area contributed by atoms with Gasteiger partial charge in [0.25, 0.3) is 0 Å². The van der Waals surface area contributed by atoms with Crippen LogP contribution in [-0.2, 0) is 9.53 Å². The predicted octanol–water partition coefficient (Wildman–Crippen LogP) is 7.94. The molecular weight excluding hydrogens is 566 g/mol. The normalized spacial score (nSPS) is 11.5. The van der Waals surface area contributed by atoms with Crippen LogP contribution >= 0.6 is 0 Å². The summed E-state index contributed by atoms with van der Waals surface area (Å²) in [5, 5.41) is 1.30. The number of carbonyl (C=O) groups is 1. The van der Waals surface area contributed by atoms with Crippen molar-refractivity contribution in [2.24, 2.45) is 0 Å². The van der Waals surface area contributed by atoms with Gasteiger partial charge in [-0.2, -0.15) is 0 Å². The van der Waals surface area contributed by atoms with Gasteiger partial charge in [0.05, 0.1) is 0 Å². The SMILES string of the molecule is C=C([CH2][Sn]([CH2]CCC)([CH2]CCC)[CH2]CCC)C(=O)OCCCCCC[Se]c1ccccc1. The van der Waals surface area contributed by atoms with Gasteiger partial charge in [-0.05, 0) is 0 Å². The quantitative estimate of drug-likeness (QED) is 0.0646. The van der Waals surface area contributed by atoms with Crippen LogP contribution in [0.25, 0.3) is 0 Å². The molecule has 0 fully saturated rings. The Balaban J connectivity index is 2.32. The molecular formula is C28H48O2SeSn.